The average Bonchev–Trinajstić information content (AvgIpc) is 2.27. The third kappa shape index (κ3) is 26.4. The molecular weight excluding hydrogens is 293 g/mol. The number of unbranched alkanes of at least 4 members (excludes halogenated alkanes) is 8. The monoisotopic (exact) mass is 316 g/mol. The molecule has 1 N–H and O–H groups in total. The van der Waals surface area contributed by atoms with Crippen molar-refractivity contribution in [1.82, 2.24) is 0 Å². The SMILES string of the molecule is CCCCCCCCCCCC([NH-])=O.[Cl][Ti][Cl]. The number of rotatable bonds is 10. The maximum atomic E-state index is 10.3. The molecule has 0 bridgehead atoms. The predicted octanol–water partition coefficient (Wildman–Crippen LogP) is 5.86. The van der Waals surface area contributed by atoms with Gasteiger partial charge < -0.3 is 10.5 Å². The molecule has 0 rings (SSSR count). The van der Waals surface area contributed by atoms with Crippen LogP contribution in [-0.4, -0.2) is 5.91 Å². The number of carbonyl (C=O) groups excluding carboxylic acids is 1. The van der Waals surface area contributed by atoms with Gasteiger partial charge >= 0.3 is 35.6 Å². The number of amides is 1. The van der Waals surface area contributed by atoms with Crippen molar-refractivity contribution in [3.8, 4) is 0 Å². The van der Waals surface area contributed by atoms with Gasteiger partial charge in [-0.25, -0.2) is 0 Å². The molecule has 0 atom stereocenters. The van der Waals surface area contributed by atoms with E-state index in [0.717, 1.165) is 12.8 Å². The van der Waals surface area contributed by atoms with Crippen LogP contribution in [0.1, 0.15) is 71.1 Å². The summed E-state index contributed by atoms with van der Waals surface area (Å²) < 4.78 is 0. The average molecular weight is 317 g/mol. The van der Waals surface area contributed by atoms with Gasteiger partial charge in [0, 0.05) is 5.91 Å². The van der Waals surface area contributed by atoms with E-state index >= 15 is 0 Å². The maximum absolute atomic E-state index is 10.3. The van der Waals surface area contributed by atoms with Crippen molar-refractivity contribution in [3.05, 3.63) is 5.73 Å². The Labute approximate surface area is 123 Å². The van der Waals surface area contributed by atoms with Gasteiger partial charge in [0.15, 0.2) is 0 Å². The first-order valence-electron chi connectivity index (χ1n) is 6.39. The first-order valence-corrected chi connectivity index (χ1v) is 10.7. The molecule has 0 aromatic carbocycles. The minimum atomic E-state index is -0.556. The Balaban J connectivity index is 0. The molecule has 0 fully saturated rings. The van der Waals surface area contributed by atoms with E-state index in [9.17, 15) is 4.79 Å². The zero-order chi connectivity index (χ0) is 13.4. The van der Waals surface area contributed by atoms with E-state index in [4.69, 9.17) is 24.3 Å². The molecule has 17 heavy (non-hydrogen) atoms. The van der Waals surface area contributed by atoms with Crippen molar-refractivity contribution in [1.29, 1.82) is 0 Å². The fraction of sp³-hybridized carbons (Fsp3) is 0.917. The van der Waals surface area contributed by atoms with Gasteiger partial charge in [0.1, 0.15) is 0 Å². The first-order chi connectivity index (χ1) is 8.18. The molecule has 0 aliphatic rings. The van der Waals surface area contributed by atoms with E-state index in [1.165, 1.54) is 44.9 Å². The number of hydrogen-bond acceptors (Lipinski definition) is 1. The summed E-state index contributed by atoms with van der Waals surface area (Å²) in [6, 6.07) is 0. The van der Waals surface area contributed by atoms with Crippen LogP contribution in [0.2, 0.25) is 0 Å². The zero-order valence-electron chi connectivity index (χ0n) is 10.7. The standard InChI is InChI=1S/C12H25NO.2ClH.Ti/c1-2-3-4-5-6-7-8-9-10-11-12(13)14;;;/h2-11H2,1H3,(H2,13,14);2*1H;/q;;;+2/p-3. The molecule has 0 aromatic heterocycles. The molecule has 0 unspecified atom stereocenters. The third-order valence-corrected chi connectivity index (χ3v) is 2.51. The van der Waals surface area contributed by atoms with Crippen molar-refractivity contribution < 1.29 is 21.8 Å². The van der Waals surface area contributed by atoms with Crippen molar-refractivity contribution in [2.24, 2.45) is 0 Å². The Morgan fingerprint density at radius 1 is 0.941 bits per heavy atom. The summed E-state index contributed by atoms with van der Waals surface area (Å²) in [5.74, 6) is -0.409. The molecule has 0 saturated heterocycles. The Kier molecular flexibility index (Phi) is 22.6. The van der Waals surface area contributed by atoms with Gasteiger partial charge in [-0.15, -0.1) is 0 Å². The summed E-state index contributed by atoms with van der Waals surface area (Å²) in [7, 11) is 9.78. The van der Waals surface area contributed by atoms with Crippen molar-refractivity contribution in [3.63, 3.8) is 0 Å². The normalized spacial score (nSPS) is 9.35. The van der Waals surface area contributed by atoms with Crippen molar-refractivity contribution in [2.75, 3.05) is 0 Å². The molecule has 0 aliphatic heterocycles. The summed E-state index contributed by atoms with van der Waals surface area (Å²) in [6.45, 7) is 2.23. The van der Waals surface area contributed by atoms with Crippen LogP contribution in [0.5, 0.6) is 0 Å². The van der Waals surface area contributed by atoms with Crippen LogP contribution in [0, 0.1) is 0 Å². The van der Waals surface area contributed by atoms with Gasteiger partial charge in [0.2, 0.25) is 0 Å². The molecule has 0 saturated carbocycles. The Morgan fingerprint density at radius 3 is 1.65 bits per heavy atom. The fourth-order valence-electron chi connectivity index (χ4n) is 1.60. The second-order valence-electron chi connectivity index (χ2n) is 4.07. The Bertz CT molecular complexity index is 159. The molecule has 2 nitrogen and oxygen atoms in total. The van der Waals surface area contributed by atoms with E-state index in [1.807, 2.05) is 0 Å². The van der Waals surface area contributed by atoms with E-state index in [0.29, 0.717) is 6.42 Å². The van der Waals surface area contributed by atoms with Gasteiger partial charge in [0.25, 0.3) is 0 Å². The Hall–Kier alpha value is 0.764. The van der Waals surface area contributed by atoms with E-state index in [2.05, 4.69) is 6.92 Å². The number of halogens is 2. The molecule has 0 heterocycles. The first kappa shape index (κ1) is 20.1. The Morgan fingerprint density at radius 2 is 1.29 bits per heavy atom. The number of hydrogen-bond donors (Lipinski definition) is 0. The number of nitrogens with one attached hydrogen (secondary N) is 1. The van der Waals surface area contributed by atoms with Crippen LogP contribution in [0.4, 0.5) is 0 Å². The van der Waals surface area contributed by atoms with Crippen LogP contribution in [0.3, 0.4) is 0 Å². The summed E-state index contributed by atoms with van der Waals surface area (Å²) in [6.07, 6.45) is 11.8. The van der Waals surface area contributed by atoms with Gasteiger partial charge in [-0.1, -0.05) is 58.3 Å². The molecule has 0 aliphatic carbocycles. The summed E-state index contributed by atoms with van der Waals surface area (Å²) in [5, 5.41) is 0. The summed E-state index contributed by atoms with van der Waals surface area (Å²) >= 11 is -0.556. The van der Waals surface area contributed by atoms with Crippen LogP contribution in [-0.2, 0) is 21.8 Å². The van der Waals surface area contributed by atoms with Crippen LogP contribution in [0.15, 0.2) is 0 Å². The molecular formula is C12H24Cl2NOTi-. The van der Waals surface area contributed by atoms with Gasteiger partial charge in [-0.3, -0.25) is 0 Å². The van der Waals surface area contributed by atoms with Gasteiger partial charge in [-0.2, -0.15) is 0 Å². The second-order valence-corrected chi connectivity index (χ2v) is 6.65. The van der Waals surface area contributed by atoms with Crippen molar-refractivity contribution >= 4 is 24.5 Å². The number of carbonyl (C=O) groups is 1. The third-order valence-electron chi connectivity index (χ3n) is 2.51. The second kappa shape index (κ2) is 19.1. The summed E-state index contributed by atoms with van der Waals surface area (Å²) in [4.78, 5) is 10.3. The quantitative estimate of drug-likeness (QED) is 0.367. The molecule has 0 aromatic rings. The fourth-order valence-corrected chi connectivity index (χ4v) is 1.60. The van der Waals surface area contributed by atoms with Gasteiger partial charge in [0.05, 0.1) is 0 Å². The zero-order valence-corrected chi connectivity index (χ0v) is 13.8. The van der Waals surface area contributed by atoms with E-state index in [1.54, 1.807) is 0 Å². The molecule has 0 spiro atoms. The molecule has 0 radical (unpaired) electrons. The molecule has 102 valence electrons. The summed E-state index contributed by atoms with van der Waals surface area (Å²) in [5.41, 5.74) is 6.73. The van der Waals surface area contributed by atoms with Gasteiger partial charge in [-0.05, 0) is 12.8 Å². The molecule has 1 amide bonds. The predicted molar refractivity (Wildman–Crippen MR) is 72.9 cm³/mol. The van der Waals surface area contributed by atoms with Crippen LogP contribution in [0.25, 0.3) is 5.73 Å². The van der Waals surface area contributed by atoms with Crippen LogP contribution >= 0.6 is 18.6 Å². The van der Waals surface area contributed by atoms with Crippen molar-refractivity contribution in [2.45, 2.75) is 71.1 Å². The molecule has 5 heteroatoms. The van der Waals surface area contributed by atoms with E-state index in [-0.39, 0.29) is 0 Å². The van der Waals surface area contributed by atoms with E-state index < -0.39 is 22.9 Å². The topological polar surface area (TPSA) is 40.9 Å². The minimum absolute atomic E-state index is 0.409. The van der Waals surface area contributed by atoms with Crippen LogP contribution < -0.4 is 0 Å².